The fourth-order valence-electron chi connectivity index (χ4n) is 3.48. The number of carbonyl (C=O) groups excluding carboxylic acids is 1. The van der Waals surface area contributed by atoms with Gasteiger partial charge in [0.25, 0.3) is 5.91 Å². The van der Waals surface area contributed by atoms with Crippen LogP contribution in [-0.2, 0) is 9.53 Å². The van der Waals surface area contributed by atoms with Crippen LogP contribution in [-0.4, -0.2) is 49.3 Å². The normalized spacial score (nSPS) is 12.4. The lowest BCUT2D eigenvalue weighted by Crippen LogP contribution is -2.31. The summed E-state index contributed by atoms with van der Waals surface area (Å²) < 4.78 is 13.1. The highest BCUT2D eigenvalue weighted by atomic mass is 16.5. The number of hydrogen-bond acceptors (Lipinski definition) is 4. The van der Waals surface area contributed by atoms with E-state index in [4.69, 9.17) is 9.47 Å². The van der Waals surface area contributed by atoms with E-state index in [2.05, 4.69) is 17.6 Å². The number of methoxy groups -OCH3 is 1. The number of ether oxygens (including phenoxy) is 2. The zero-order valence-electron chi connectivity index (χ0n) is 18.7. The number of aromatic nitrogens is 1. The monoisotopic (exact) mass is 409 g/mol. The smallest absolute Gasteiger partial charge is 0.264 e. The number of rotatable bonds is 9. The Morgan fingerprint density at radius 2 is 1.93 bits per heavy atom. The van der Waals surface area contributed by atoms with Crippen molar-refractivity contribution in [2.24, 2.45) is 0 Å². The molecule has 1 aromatic heterocycles. The Labute approximate surface area is 179 Å². The van der Waals surface area contributed by atoms with Crippen molar-refractivity contribution in [3.8, 4) is 11.8 Å². The molecule has 0 aliphatic carbocycles. The van der Waals surface area contributed by atoms with Crippen LogP contribution in [0.25, 0.3) is 6.08 Å². The number of likely N-dealkylation sites (N-methyl/N-ethyl adjacent to an activating group) is 1. The predicted octanol–water partition coefficient (Wildman–Crippen LogP) is 4.07. The van der Waals surface area contributed by atoms with Crippen molar-refractivity contribution in [2.75, 3.05) is 33.9 Å². The largest absolute Gasteiger partial charge is 0.492 e. The zero-order chi connectivity index (χ0) is 22.3. The maximum atomic E-state index is 12.8. The first-order valence-corrected chi connectivity index (χ1v) is 10.0. The minimum absolute atomic E-state index is 0.104. The van der Waals surface area contributed by atoms with Crippen molar-refractivity contribution >= 4 is 12.0 Å². The number of aryl methyl sites for hydroxylation is 2. The van der Waals surface area contributed by atoms with Crippen molar-refractivity contribution in [1.29, 1.82) is 5.26 Å². The van der Waals surface area contributed by atoms with E-state index in [0.29, 0.717) is 19.8 Å². The first-order chi connectivity index (χ1) is 14.3. The van der Waals surface area contributed by atoms with Crippen molar-refractivity contribution in [2.45, 2.75) is 33.7 Å². The summed E-state index contributed by atoms with van der Waals surface area (Å²) >= 11 is 0. The van der Waals surface area contributed by atoms with E-state index in [1.165, 1.54) is 4.90 Å². The Morgan fingerprint density at radius 3 is 2.53 bits per heavy atom. The molecule has 1 heterocycles. The summed E-state index contributed by atoms with van der Waals surface area (Å²) in [7, 11) is 3.35. The maximum absolute atomic E-state index is 12.8. The Hall–Kier alpha value is -3.04. The van der Waals surface area contributed by atoms with E-state index in [1.807, 2.05) is 51.1 Å². The molecule has 1 unspecified atom stereocenters. The Bertz CT molecular complexity index is 936. The van der Waals surface area contributed by atoms with Crippen LogP contribution in [0, 0.1) is 32.1 Å². The summed E-state index contributed by atoms with van der Waals surface area (Å²) in [5.41, 5.74) is 4.20. The summed E-state index contributed by atoms with van der Waals surface area (Å²) in [6, 6.07) is 12.0. The van der Waals surface area contributed by atoms with Gasteiger partial charge in [-0.15, -0.1) is 0 Å². The topological polar surface area (TPSA) is 67.5 Å². The molecule has 30 heavy (non-hydrogen) atoms. The summed E-state index contributed by atoms with van der Waals surface area (Å²) in [6.07, 6.45) is 1.66. The van der Waals surface area contributed by atoms with Crippen molar-refractivity contribution in [1.82, 2.24) is 9.47 Å². The highest BCUT2D eigenvalue weighted by Gasteiger charge is 2.18. The van der Waals surface area contributed by atoms with Gasteiger partial charge in [0.2, 0.25) is 0 Å². The highest BCUT2D eigenvalue weighted by Crippen LogP contribution is 2.23. The summed E-state index contributed by atoms with van der Waals surface area (Å²) in [5, 5.41) is 9.57. The third-order valence-corrected chi connectivity index (χ3v) is 5.09. The average Bonchev–Trinajstić information content (AvgIpc) is 3.00. The second-order valence-corrected chi connectivity index (χ2v) is 7.56. The average molecular weight is 410 g/mol. The SMILES string of the molecule is COCC(C)n1c(C)cc(/C=C(\C#N)C(=O)N(C)CCOc2ccc(C)cc2)c1C. The van der Waals surface area contributed by atoms with Gasteiger partial charge in [-0.1, -0.05) is 17.7 Å². The Balaban J connectivity index is 2.08. The fraction of sp³-hybridized carbons (Fsp3) is 0.417. The molecule has 0 aliphatic rings. The van der Waals surface area contributed by atoms with Gasteiger partial charge in [-0.25, -0.2) is 0 Å². The third kappa shape index (κ3) is 5.74. The van der Waals surface area contributed by atoms with Crippen molar-refractivity contribution < 1.29 is 14.3 Å². The molecule has 0 bridgehead atoms. The zero-order valence-corrected chi connectivity index (χ0v) is 18.7. The molecule has 1 atom stereocenters. The van der Waals surface area contributed by atoms with Gasteiger partial charge < -0.3 is 18.9 Å². The molecule has 1 amide bonds. The Kier molecular flexibility index (Phi) is 8.25. The lowest BCUT2D eigenvalue weighted by molar-refractivity contribution is -0.125. The molecule has 0 aliphatic heterocycles. The minimum atomic E-state index is -0.320. The van der Waals surface area contributed by atoms with Gasteiger partial charge in [-0.2, -0.15) is 5.26 Å². The van der Waals surface area contributed by atoms with Gasteiger partial charge in [0.15, 0.2) is 0 Å². The molecule has 0 saturated carbocycles. The standard InChI is InChI=1S/C24H31N3O3/c1-17-7-9-23(10-8-17)30-12-11-26(5)24(28)22(15-25)14-21-13-18(2)27(20(21)4)19(3)16-29-6/h7-10,13-14,19H,11-12,16H2,1-6H3/b22-14+. The number of hydrogen-bond donors (Lipinski definition) is 0. The number of amides is 1. The van der Waals surface area contributed by atoms with Gasteiger partial charge in [0.1, 0.15) is 24.0 Å². The number of nitrogens with zero attached hydrogens (tertiary/aromatic N) is 3. The lowest BCUT2D eigenvalue weighted by atomic mass is 10.1. The molecular weight excluding hydrogens is 378 g/mol. The molecule has 1 aromatic carbocycles. The van der Waals surface area contributed by atoms with Gasteiger partial charge in [0.05, 0.1) is 19.2 Å². The van der Waals surface area contributed by atoms with Crippen LogP contribution < -0.4 is 4.74 Å². The van der Waals surface area contributed by atoms with Gasteiger partial charge in [-0.3, -0.25) is 4.79 Å². The summed E-state index contributed by atoms with van der Waals surface area (Å²) in [6.45, 7) is 9.43. The summed E-state index contributed by atoms with van der Waals surface area (Å²) in [5.74, 6) is 0.440. The summed E-state index contributed by atoms with van der Waals surface area (Å²) in [4.78, 5) is 14.3. The highest BCUT2D eigenvalue weighted by molar-refractivity contribution is 6.01. The van der Waals surface area contributed by atoms with E-state index in [-0.39, 0.29) is 17.5 Å². The van der Waals surface area contributed by atoms with Crippen LogP contribution >= 0.6 is 0 Å². The van der Waals surface area contributed by atoms with Crippen LogP contribution in [0.5, 0.6) is 5.75 Å². The van der Waals surface area contributed by atoms with E-state index in [1.54, 1.807) is 20.2 Å². The molecule has 0 saturated heterocycles. The van der Waals surface area contributed by atoms with E-state index in [0.717, 1.165) is 28.3 Å². The molecule has 2 aromatic rings. The molecule has 0 fully saturated rings. The third-order valence-electron chi connectivity index (χ3n) is 5.09. The first-order valence-electron chi connectivity index (χ1n) is 10.0. The minimum Gasteiger partial charge on any atom is -0.492 e. The first kappa shape index (κ1) is 23.2. The molecule has 6 heteroatoms. The van der Waals surface area contributed by atoms with E-state index >= 15 is 0 Å². The predicted molar refractivity (Wildman–Crippen MR) is 118 cm³/mol. The molecular formula is C24H31N3O3. The molecule has 6 nitrogen and oxygen atoms in total. The van der Waals surface area contributed by atoms with Gasteiger partial charge in [-0.05, 0) is 57.5 Å². The maximum Gasteiger partial charge on any atom is 0.264 e. The van der Waals surface area contributed by atoms with Gasteiger partial charge >= 0.3 is 0 Å². The van der Waals surface area contributed by atoms with Crippen LogP contribution in [0.4, 0.5) is 0 Å². The fourth-order valence-corrected chi connectivity index (χ4v) is 3.48. The molecule has 160 valence electrons. The molecule has 2 rings (SSSR count). The van der Waals surface area contributed by atoms with Gasteiger partial charge in [0, 0.05) is 25.5 Å². The Morgan fingerprint density at radius 1 is 1.27 bits per heavy atom. The van der Waals surface area contributed by atoms with Crippen LogP contribution in [0.3, 0.4) is 0 Å². The van der Waals surface area contributed by atoms with E-state index in [9.17, 15) is 10.1 Å². The van der Waals surface area contributed by atoms with E-state index < -0.39 is 0 Å². The lowest BCUT2D eigenvalue weighted by Gasteiger charge is -2.18. The van der Waals surface area contributed by atoms with Crippen molar-refractivity contribution in [3.05, 3.63) is 58.4 Å². The second kappa shape index (κ2) is 10.7. The van der Waals surface area contributed by atoms with Crippen LogP contribution in [0.15, 0.2) is 35.9 Å². The number of nitriles is 1. The quantitative estimate of drug-likeness (QED) is 0.463. The number of carbonyl (C=O) groups is 1. The van der Waals surface area contributed by atoms with Crippen LogP contribution in [0.1, 0.15) is 35.5 Å². The number of benzene rings is 1. The molecule has 0 N–H and O–H groups in total. The van der Waals surface area contributed by atoms with Crippen LogP contribution in [0.2, 0.25) is 0 Å². The molecule has 0 spiro atoms. The van der Waals surface area contributed by atoms with Crippen molar-refractivity contribution in [3.63, 3.8) is 0 Å². The second-order valence-electron chi connectivity index (χ2n) is 7.56. The molecule has 0 radical (unpaired) electrons.